The molecule has 2 rings (SSSR count). The lowest BCUT2D eigenvalue weighted by Crippen LogP contribution is -2.35. The molecular weight excluding hydrogens is 372 g/mol. The maximum Gasteiger partial charge on any atom is 0.238 e. The van der Waals surface area contributed by atoms with Gasteiger partial charge in [-0.25, -0.2) is 0 Å². The van der Waals surface area contributed by atoms with E-state index in [-0.39, 0.29) is 5.91 Å². The normalized spacial score (nSPS) is 11.0. The first-order valence-corrected chi connectivity index (χ1v) is 11.3. The van der Waals surface area contributed by atoms with Crippen LogP contribution in [0.2, 0.25) is 0 Å². The highest BCUT2D eigenvalue weighted by Crippen LogP contribution is 2.26. The summed E-state index contributed by atoms with van der Waals surface area (Å²) in [7, 11) is 0. The molecule has 0 heterocycles. The summed E-state index contributed by atoms with van der Waals surface area (Å²) in [5.74, 6) is 0.914. The summed E-state index contributed by atoms with van der Waals surface area (Å²) in [6.07, 6.45) is 5.43. The average molecular weight is 411 g/mol. The summed E-state index contributed by atoms with van der Waals surface area (Å²) in [5.41, 5.74) is 4.24. The fourth-order valence-electron chi connectivity index (χ4n) is 3.55. The molecule has 0 unspecified atom stereocenters. The second-order valence-corrected chi connectivity index (χ2v) is 8.05. The number of carbonyl (C=O) groups excluding carboxylic acids is 1. The molecule has 2 aromatic carbocycles. The molecular formula is C26H38N2O2. The first-order chi connectivity index (χ1) is 14.5. The van der Waals surface area contributed by atoms with Crippen LogP contribution >= 0.6 is 0 Å². The van der Waals surface area contributed by atoms with Crippen molar-refractivity contribution in [2.45, 2.75) is 59.8 Å². The number of aryl methyl sites for hydroxylation is 2. The van der Waals surface area contributed by atoms with E-state index < -0.39 is 0 Å². The Kier molecular flexibility index (Phi) is 10.4. The Hall–Kier alpha value is -2.33. The molecule has 0 radical (unpaired) electrons. The molecule has 0 saturated carbocycles. The Morgan fingerprint density at radius 3 is 2.13 bits per heavy atom. The molecule has 1 amide bonds. The van der Waals surface area contributed by atoms with Crippen LogP contribution in [0, 0.1) is 13.8 Å². The molecule has 0 spiro atoms. The molecule has 0 aliphatic carbocycles. The molecule has 0 fully saturated rings. The number of amides is 1. The largest absolute Gasteiger partial charge is 0.493 e. The molecule has 0 atom stereocenters. The van der Waals surface area contributed by atoms with Crippen molar-refractivity contribution in [3.63, 3.8) is 0 Å². The number of rotatable bonds is 13. The fourth-order valence-corrected chi connectivity index (χ4v) is 3.55. The minimum absolute atomic E-state index is 0.0613. The highest BCUT2D eigenvalue weighted by molar-refractivity contribution is 5.93. The van der Waals surface area contributed by atoms with E-state index >= 15 is 0 Å². The zero-order valence-corrected chi connectivity index (χ0v) is 19.2. The van der Waals surface area contributed by atoms with Gasteiger partial charge < -0.3 is 10.1 Å². The van der Waals surface area contributed by atoms with Crippen LogP contribution in [0.4, 0.5) is 5.69 Å². The molecule has 0 saturated heterocycles. The molecule has 0 aliphatic rings. The molecule has 0 aliphatic heterocycles. The second-order valence-electron chi connectivity index (χ2n) is 8.05. The molecule has 0 aromatic heterocycles. The molecule has 164 valence electrons. The number of benzene rings is 2. The van der Waals surface area contributed by atoms with Gasteiger partial charge in [0.2, 0.25) is 5.91 Å². The topological polar surface area (TPSA) is 41.6 Å². The second kappa shape index (κ2) is 13.1. The van der Waals surface area contributed by atoms with Crippen molar-refractivity contribution in [2.75, 3.05) is 31.6 Å². The summed E-state index contributed by atoms with van der Waals surface area (Å²) in [4.78, 5) is 15.0. The molecule has 4 heteroatoms. The lowest BCUT2D eigenvalue weighted by molar-refractivity contribution is -0.117. The molecule has 4 nitrogen and oxygen atoms in total. The van der Waals surface area contributed by atoms with Gasteiger partial charge in [-0.05, 0) is 68.6 Å². The number of unbranched alkanes of at least 4 members (excludes halogenated alkanes) is 2. The number of hydrogen-bond donors (Lipinski definition) is 1. The minimum Gasteiger partial charge on any atom is -0.493 e. The predicted molar refractivity (Wildman–Crippen MR) is 126 cm³/mol. The van der Waals surface area contributed by atoms with E-state index in [2.05, 4.69) is 36.2 Å². The molecule has 2 aromatic rings. The lowest BCUT2D eigenvalue weighted by Gasteiger charge is -2.22. The van der Waals surface area contributed by atoms with Gasteiger partial charge in [0.15, 0.2) is 0 Å². The average Bonchev–Trinajstić information content (AvgIpc) is 2.73. The van der Waals surface area contributed by atoms with Gasteiger partial charge in [0.25, 0.3) is 0 Å². The summed E-state index contributed by atoms with van der Waals surface area (Å²) in [6, 6.07) is 14.4. The Bertz CT molecular complexity index is 743. The van der Waals surface area contributed by atoms with E-state index in [1.807, 2.05) is 44.2 Å². The third kappa shape index (κ3) is 8.19. The van der Waals surface area contributed by atoms with E-state index in [0.717, 1.165) is 67.8 Å². The minimum atomic E-state index is 0.0613. The fraction of sp³-hybridized carbons (Fsp3) is 0.500. The first-order valence-electron chi connectivity index (χ1n) is 11.3. The van der Waals surface area contributed by atoms with Crippen LogP contribution in [0.5, 0.6) is 5.75 Å². The van der Waals surface area contributed by atoms with Crippen molar-refractivity contribution in [1.29, 1.82) is 0 Å². The van der Waals surface area contributed by atoms with Gasteiger partial charge >= 0.3 is 0 Å². The third-order valence-electron chi connectivity index (χ3n) is 5.30. The summed E-state index contributed by atoms with van der Waals surface area (Å²) < 4.78 is 5.96. The van der Waals surface area contributed by atoms with E-state index in [1.165, 1.54) is 5.56 Å². The smallest absolute Gasteiger partial charge is 0.238 e. The van der Waals surface area contributed by atoms with E-state index in [1.54, 1.807) is 0 Å². The standard InChI is InChI=1S/C26H38N2O2/c1-5-7-15-28(16-8-6-2)20-25(29)27-26-21(3)18-24(19-22(26)4)30-17-14-23-12-10-9-11-13-23/h9-13,18-19H,5-8,14-17,20H2,1-4H3,(H,27,29). The van der Waals surface area contributed by atoms with Crippen molar-refractivity contribution < 1.29 is 9.53 Å². The number of nitrogens with zero attached hydrogens (tertiary/aromatic N) is 1. The van der Waals surface area contributed by atoms with Gasteiger partial charge in [0.1, 0.15) is 5.75 Å². The van der Waals surface area contributed by atoms with Crippen molar-refractivity contribution in [3.05, 3.63) is 59.2 Å². The van der Waals surface area contributed by atoms with Crippen LogP contribution < -0.4 is 10.1 Å². The number of hydrogen-bond acceptors (Lipinski definition) is 3. The Balaban J connectivity index is 1.92. The third-order valence-corrected chi connectivity index (χ3v) is 5.30. The SMILES string of the molecule is CCCCN(CCCC)CC(=O)Nc1c(C)cc(OCCc2ccccc2)cc1C. The molecule has 1 N–H and O–H groups in total. The predicted octanol–water partition coefficient (Wildman–Crippen LogP) is 5.77. The zero-order valence-electron chi connectivity index (χ0n) is 19.2. The van der Waals surface area contributed by atoms with Crippen molar-refractivity contribution in [1.82, 2.24) is 4.90 Å². The Labute approximate surface area is 182 Å². The van der Waals surface area contributed by atoms with E-state index in [0.29, 0.717) is 13.2 Å². The Morgan fingerprint density at radius 2 is 1.57 bits per heavy atom. The van der Waals surface area contributed by atoms with Crippen molar-refractivity contribution >= 4 is 11.6 Å². The van der Waals surface area contributed by atoms with Crippen LogP contribution in [0.3, 0.4) is 0 Å². The van der Waals surface area contributed by atoms with Crippen LogP contribution in [0.25, 0.3) is 0 Å². The van der Waals surface area contributed by atoms with Gasteiger partial charge in [-0.15, -0.1) is 0 Å². The van der Waals surface area contributed by atoms with Crippen molar-refractivity contribution in [2.24, 2.45) is 0 Å². The highest BCUT2D eigenvalue weighted by atomic mass is 16.5. The van der Waals surface area contributed by atoms with Crippen LogP contribution in [0.15, 0.2) is 42.5 Å². The molecule has 30 heavy (non-hydrogen) atoms. The van der Waals surface area contributed by atoms with Gasteiger partial charge in [-0.2, -0.15) is 0 Å². The summed E-state index contributed by atoms with van der Waals surface area (Å²) in [6.45, 7) is 11.5. The number of carbonyl (C=O) groups is 1. The summed E-state index contributed by atoms with van der Waals surface area (Å²) >= 11 is 0. The Morgan fingerprint density at radius 1 is 0.967 bits per heavy atom. The van der Waals surface area contributed by atoms with Gasteiger partial charge in [0.05, 0.1) is 13.2 Å². The van der Waals surface area contributed by atoms with Crippen LogP contribution in [-0.4, -0.2) is 37.0 Å². The number of nitrogens with one attached hydrogen (secondary N) is 1. The summed E-state index contributed by atoms with van der Waals surface area (Å²) in [5, 5.41) is 3.13. The molecule has 0 bridgehead atoms. The monoisotopic (exact) mass is 410 g/mol. The van der Waals surface area contributed by atoms with Gasteiger partial charge in [-0.1, -0.05) is 57.0 Å². The van der Waals surface area contributed by atoms with E-state index in [9.17, 15) is 4.79 Å². The zero-order chi connectivity index (χ0) is 21.8. The maximum atomic E-state index is 12.7. The number of anilines is 1. The van der Waals surface area contributed by atoms with Gasteiger partial charge in [-0.3, -0.25) is 9.69 Å². The van der Waals surface area contributed by atoms with Gasteiger partial charge in [0, 0.05) is 12.1 Å². The van der Waals surface area contributed by atoms with E-state index in [4.69, 9.17) is 4.74 Å². The lowest BCUT2D eigenvalue weighted by atomic mass is 10.1. The van der Waals surface area contributed by atoms with Crippen LogP contribution in [0.1, 0.15) is 56.2 Å². The quantitative estimate of drug-likeness (QED) is 0.456. The van der Waals surface area contributed by atoms with Crippen molar-refractivity contribution in [3.8, 4) is 5.75 Å². The highest BCUT2D eigenvalue weighted by Gasteiger charge is 2.13. The first kappa shape index (κ1) is 23.9. The van der Waals surface area contributed by atoms with Crippen LogP contribution in [-0.2, 0) is 11.2 Å². The number of ether oxygens (including phenoxy) is 1. The maximum absolute atomic E-state index is 12.7.